The van der Waals surface area contributed by atoms with Gasteiger partial charge in [0.15, 0.2) is 5.89 Å². The van der Waals surface area contributed by atoms with Gasteiger partial charge in [0.2, 0.25) is 5.76 Å². The highest BCUT2D eigenvalue weighted by Gasteiger charge is 2.30. The van der Waals surface area contributed by atoms with Crippen LogP contribution in [-0.2, 0) is 13.0 Å². The highest BCUT2D eigenvalue weighted by molar-refractivity contribution is 6.05. The van der Waals surface area contributed by atoms with E-state index in [-0.39, 0.29) is 11.8 Å². The van der Waals surface area contributed by atoms with E-state index in [0.29, 0.717) is 18.2 Å². The molecule has 0 atom stereocenters. The van der Waals surface area contributed by atoms with Crippen molar-refractivity contribution in [2.75, 3.05) is 24.5 Å². The summed E-state index contributed by atoms with van der Waals surface area (Å²) in [7, 11) is 0. The average Bonchev–Trinajstić information content (AvgIpc) is 3.42. The zero-order valence-electron chi connectivity index (χ0n) is 16.2. The molecule has 5 heterocycles. The second-order valence-electron chi connectivity index (χ2n) is 7.68. The van der Waals surface area contributed by atoms with E-state index >= 15 is 0 Å². The van der Waals surface area contributed by atoms with Crippen LogP contribution in [0.1, 0.15) is 46.3 Å². The number of amides is 1. The third-order valence-electron chi connectivity index (χ3n) is 5.86. The van der Waals surface area contributed by atoms with E-state index in [1.807, 2.05) is 18.5 Å². The Morgan fingerprint density at radius 3 is 2.66 bits per heavy atom. The maximum atomic E-state index is 12.9. The topological polar surface area (TPSA) is 75.4 Å². The van der Waals surface area contributed by atoms with Crippen molar-refractivity contribution in [1.82, 2.24) is 19.9 Å². The summed E-state index contributed by atoms with van der Waals surface area (Å²) in [6, 6.07) is 6.09. The lowest BCUT2D eigenvalue weighted by molar-refractivity contribution is 0.0958. The predicted octanol–water partition coefficient (Wildman–Crippen LogP) is 3.05. The minimum atomic E-state index is -0.134. The Kier molecular flexibility index (Phi) is 4.81. The minimum Gasteiger partial charge on any atom is -0.435 e. The molecule has 0 N–H and O–H groups in total. The maximum absolute atomic E-state index is 12.9. The lowest BCUT2D eigenvalue weighted by Crippen LogP contribution is -2.32. The number of nitrogens with zero attached hydrogens (tertiary/aromatic N) is 5. The smallest absolute Gasteiger partial charge is 0.295 e. The summed E-state index contributed by atoms with van der Waals surface area (Å²) < 4.78 is 5.92. The summed E-state index contributed by atoms with van der Waals surface area (Å²) in [6.07, 6.45) is 11.6. The first-order valence-electron chi connectivity index (χ1n) is 10.1. The van der Waals surface area contributed by atoms with E-state index in [1.54, 1.807) is 23.5 Å². The molecule has 0 aliphatic carbocycles. The number of oxazole rings is 1. The molecule has 0 radical (unpaired) electrons. The Labute approximate surface area is 169 Å². The normalized spacial score (nSPS) is 17.4. The largest absolute Gasteiger partial charge is 0.435 e. The van der Waals surface area contributed by atoms with Gasteiger partial charge in [-0.25, -0.2) is 4.98 Å². The molecular formula is C22H23N5O2. The van der Waals surface area contributed by atoms with Gasteiger partial charge in [0.1, 0.15) is 0 Å². The molecule has 148 valence electrons. The zero-order chi connectivity index (χ0) is 19.6. The fourth-order valence-corrected chi connectivity index (χ4v) is 4.23. The second-order valence-corrected chi connectivity index (χ2v) is 7.68. The minimum absolute atomic E-state index is 0.134. The standard InChI is InChI=1S/C22H23N5O2/c28-22(27-12-6-17-3-9-24-13-19(17)27)20-14-25-21(29-20)18-4-10-26(11-5-18)15-16-1-7-23-8-2-16/h1-3,7-9,13-14,18H,4-6,10-12,15H2. The van der Waals surface area contributed by atoms with Crippen LogP contribution in [0.5, 0.6) is 0 Å². The lowest BCUT2D eigenvalue weighted by Gasteiger charge is -2.30. The molecule has 3 aromatic rings. The van der Waals surface area contributed by atoms with Gasteiger partial charge in [-0.2, -0.15) is 0 Å². The van der Waals surface area contributed by atoms with Crippen LogP contribution in [0.2, 0.25) is 0 Å². The molecule has 3 aromatic heterocycles. The van der Waals surface area contributed by atoms with E-state index in [1.165, 1.54) is 5.56 Å². The molecule has 7 heteroatoms. The molecule has 1 saturated heterocycles. The van der Waals surface area contributed by atoms with Crippen LogP contribution in [0.4, 0.5) is 5.69 Å². The number of fused-ring (bicyclic) bond motifs is 1. The predicted molar refractivity (Wildman–Crippen MR) is 108 cm³/mol. The molecule has 1 fully saturated rings. The number of piperidine rings is 1. The van der Waals surface area contributed by atoms with Crippen molar-refractivity contribution in [2.45, 2.75) is 31.7 Å². The number of carbonyl (C=O) groups is 1. The molecule has 5 rings (SSSR count). The second kappa shape index (κ2) is 7.75. The van der Waals surface area contributed by atoms with Crippen LogP contribution in [0.3, 0.4) is 0 Å². The van der Waals surface area contributed by atoms with Gasteiger partial charge in [0.25, 0.3) is 5.91 Å². The molecule has 2 aliphatic heterocycles. The van der Waals surface area contributed by atoms with E-state index in [9.17, 15) is 4.79 Å². The quantitative estimate of drug-likeness (QED) is 0.683. The fourth-order valence-electron chi connectivity index (χ4n) is 4.23. The summed E-state index contributed by atoms with van der Waals surface area (Å²) in [5.41, 5.74) is 3.30. The molecule has 0 aromatic carbocycles. The number of hydrogen-bond donors (Lipinski definition) is 0. The molecule has 0 saturated carbocycles. The Morgan fingerprint density at radius 2 is 1.83 bits per heavy atom. The van der Waals surface area contributed by atoms with E-state index in [2.05, 4.69) is 32.0 Å². The van der Waals surface area contributed by atoms with Crippen LogP contribution in [0, 0.1) is 0 Å². The van der Waals surface area contributed by atoms with Crippen molar-refractivity contribution < 1.29 is 9.21 Å². The SMILES string of the molecule is O=C(c1cnc(C2CCN(Cc3ccncc3)CC2)o1)N1CCc2ccncc21. The van der Waals surface area contributed by atoms with Gasteiger partial charge >= 0.3 is 0 Å². The summed E-state index contributed by atoms with van der Waals surface area (Å²) in [5, 5.41) is 0. The summed E-state index contributed by atoms with van der Waals surface area (Å²) in [5.74, 6) is 1.13. The Balaban J connectivity index is 1.22. The molecule has 0 bridgehead atoms. The zero-order valence-corrected chi connectivity index (χ0v) is 16.2. The summed E-state index contributed by atoms with van der Waals surface area (Å²) >= 11 is 0. The Hall–Kier alpha value is -3.06. The number of aromatic nitrogens is 3. The first-order chi connectivity index (χ1) is 14.3. The number of hydrogen-bond acceptors (Lipinski definition) is 6. The molecule has 1 amide bonds. The van der Waals surface area contributed by atoms with E-state index in [4.69, 9.17) is 4.42 Å². The summed E-state index contributed by atoms with van der Waals surface area (Å²) in [4.78, 5) is 29.8. The van der Waals surface area contributed by atoms with Gasteiger partial charge in [-0.1, -0.05) is 0 Å². The number of carbonyl (C=O) groups excluding carboxylic acids is 1. The third-order valence-corrected chi connectivity index (χ3v) is 5.86. The van der Waals surface area contributed by atoms with Crippen molar-refractivity contribution >= 4 is 11.6 Å². The fraction of sp³-hybridized carbons (Fsp3) is 0.364. The number of rotatable bonds is 4. The van der Waals surface area contributed by atoms with Gasteiger partial charge < -0.3 is 9.32 Å². The van der Waals surface area contributed by atoms with Gasteiger partial charge in [0.05, 0.1) is 18.1 Å². The summed E-state index contributed by atoms with van der Waals surface area (Å²) in [6.45, 7) is 3.57. The van der Waals surface area contributed by atoms with Crippen molar-refractivity contribution in [2.24, 2.45) is 0 Å². The number of pyridine rings is 2. The number of anilines is 1. The van der Waals surface area contributed by atoms with E-state index < -0.39 is 0 Å². The molecule has 7 nitrogen and oxygen atoms in total. The Bertz CT molecular complexity index is 995. The molecule has 2 aliphatic rings. The average molecular weight is 389 g/mol. The van der Waals surface area contributed by atoms with Crippen LogP contribution < -0.4 is 4.90 Å². The van der Waals surface area contributed by atoms with Gasteiger partial charge in [-0.05, 0) is 61.7 Å². The molecular weight excluding hydrogens is 366 g/mol. The highest BCUT2D eigenvalue weighted by Crippen LogP contribution is 2.31. The van der Waals surface area contributed by atoms with E-state index in [0.717, 1.165) is 50.1 Å². The van der Waals surface area contributed by atoms with Gasteiger partial charge in [-0.15, -0.1) is 0 Å². The first kappa shape index (κ1) is 18.0. The van der Waals surface area contributed by atoms with Crippen molar-refractivity contribution in [1.29, 1.82) is 0 Å². The number of likely N-dealkylation sites (tertiary alicyclic amines) is 1. The molecule has 0 unspecified atom stereocenters. The Morgan fingerprint density at radius 1 is 1.03 bits per heavy atom. The van der Waals surface area contributed by atoms with Crippen LogP contribution in [0.15, 0.2) is 53.6 Å². The maximum Gasteiger partial charge on any atom is 0.295 e. The molecule has 29 heavy (non-hydrogen) atoms. The van der Waals surface area contributed by atoms with Crippen molar-refractivity contribution in [3.63, 3.8) is 0 Å². The van der Waals surface area contributed by atoms with Gasteiger partial charge in [0, 0.05) is 37.6 Å². The third kappa shape index (κ3) is 3.65. The molecule has 0 spiro atoms. The highest BCUT2D eigenvalue weighted by atomic mass is 16.4. The van der Waals surface area contributed by atoms with Crippen LogP contribution in [0.25, 0.3) is 0 Å². The van der Waals surface area contributed by atoms with Crippen LogP contribution >= 0.6 is 0 Å². The lowest BCUT2D eigenvalue weighted by atomic mass is 9.96. The van der Waals surface area contributed by atoms with Crippen molar-refractivity contribution in [3.05, 3.63) is 72.0 Å². The van der Waals surface area contributed by atoms with Gasteiger partial charge in [-0.3, -0.25) is 19.7 Å². The monoisotopic (exact) mass is 389 g/mol. The van der Waals surface area contributed by atoms with Crippen LogP contribution in [-0.4, -0.2) is 45.4 Å². The first-order valence-corrected chi connectivity index (χ1v) is 10.1. The van der Waals surface area contributed by atoms with Crippen molar-refractivity contribution in [3.8, 4) is 0 Å².